The smallest absolute Gasteiger partial charge is 0.306 e. The normalized spacial score (nSPS) is 18.6. The van der Waals surface area contributed by atoms with E-state index < -0.39 is 32.6 Å². The lowest BCUT2D eigenvalue weighted by atomic mass is 9.89. The van der Waals surface area contributed by atoms with Crippen LogP contribution in [0.4, 0.5) is 4.39 Å². The molecule has 0 bridgehead atoms. The van der Waals surface area contributed by atoms with Gasteiger partial charge in [0.1, 0.15) is 4.90 Å². The fourth-order valence-electron chi connectivity index (χ4n) is 2.01. The highest BCUT2D eigenvalue weighted by atomic mass is 35.5. The molecule has 0 saturated carbocycles. The van der Waals surface area contributed by atoms with Crippen LogP contribution in [0.1, 0.15) is 6.92 Å². The van der Waals surface area contributed by atoms with E-state index in [1.165, 1.54) is 19.1 Å². The number of sulfonamides is 1. The van der Waals surface area contributed by atoms with Crippen molar-refractivity contribution in [2.45, 2.75) is 11.8 Å². The minimum atomic E-state index is -3.97. The van der Waals surface area contributed by atoms with Crippen LogP contribution < -0.4 is 0 Å². The van der Waals surface area contributed by atoms with Crippen molar-refractivity contribution in [3.05, 3.63) is 29.0 Å². The number of nitrogens with zero attached hydrogens (tertiary/aromatic N) is 1. The SMILES string of the molecule is CC(C(=O)O)C1CN(S(=O)(=O)c2cccc(Cl)c2F)C1. The fraction of sp³-hybridized carbons (Fsp3) is 0.417. The summed E-state index contributed by atoms with van der Waals surface area (Å²) in [6.07, 6.45) is 0. The standard InChI is InChI=1S/C12H13ClFNO4S/c1-7(12(16)17)8-5-15(6-8)20(18,19)10-4-2-3-9(13)11(10)14/h2-4,7-8H,5-6H2,1H3,(H,16,17). The van der Waals surface area contributed by atoms with E-state index >= 15 is 0 Å². The number of carbonyl (C=O) groups is 1. The van der Waals surface area contributed by atoms with Crippen molar-refractivity contribution < 1.29 is 22.7 Å². The first-order valence-corrected chi connectivity index (χ1v) is 7.74. The third kappa shape index (κ3) is 2.53. The van der Waals surface area contributed by atoms with Gasteiger partial charge in [0.2, 0.25) is 10.0 Å². The van der Waals surface area contributed by atoms with Crippen LogP contribution in [0.3, 0.4) is 0 Å². The van der Waals surface area contributed by atoms with Crippen LogP contribution in [0.15, 0.2) is 23.1 Å². The highest BCUT2D eigenvalue weighted by Crippen LogP contribution is 2.32. The van der Waals surface area contributed by atoms with Crippen LogP contribution in [0.5, 0.6) is 0 Å². The molecule has 0 radical (unpaired) electrons. The molecule has 1 aliphatic rings. The van der Waals surface area contributed by atoms with E-state index in [1.807, 2.05) is 0 Å². The number of hydrogen-bond acceptors (Lipinski definition) is 3. The third-order valence-corrected chi connectivity index (χ3v) is 5.65. The predicted molar refractivity (Wildman–Crippen MR) is 70.5 cm³/mol. The second kappa shape index (κ2) is 5.31. The topological polar surface area (TPSA) is 74.7 Å². The van der Waals surface area contributed by atoms with Gasteiger partial charge in [-0.1, -0.05) is 24.6 Å². The molecule has 1 N–H and O–H groups in total. The maximum atomic E-state index is 13.8. The summed E-state index contributed by atoms with van der Waals surface area (Å²) in [4.78, 5) is 10.3. The zero-order valence-corrected chi connectivity index (χ0v) is 12.2. The van der Waals surface area contributed by atoms with Gasteiger partial charge < -0.3 is 5.11 Å². The Morgan fingerprint density at radius 1 is 1.50 bits per heavy atom. The monoisotopic (exact) mass is 321 g/mol. The number of aliphatic carboxylic acids is 1. The van der Waals surface area contributed by atoms with Gasteiger partial charge in [0.15, 0.2) is 5.82 Å². The summed E-state index contributed by atoms with van der Waals surface area (Å²) in [5, 5.41) is 8.60. The zero-order valence-electron chi connectivity index (χ0n) is 10.6. The molecule has 0 aromatic heterocycles. The molecule has 110 valence electrons. The van der Waals surface area contributed by atoms with E-state index in [1.54, 1.807) is 0 Å². The Balaban J connectivity index is 2.18. The largest absolute Gasteiger partial charge is 0.481 e. The van der Waals surface area contributed by atoms with Crippen molar-refractivity contribution in [2.75, 3.05) is 13.1 Å². The van der Waals surface area contributed by atoms with Gasteiger partial charge in [-0.15, -0.1) is 0 Å². The average molecular weight is 322 g/mol. The van der Waals surface area contributed by atoms with Gasteiger partial charge in [0.25, 0.3) is 0 Å². The highest BCUT2D eigenvalue weighted by Gasteiger charge is 2.42. The Bertz CT molecular complexity index is 643. The lowest BCUT2D eigenvalue weighted by Crippen LogP contribution is -2.53. The van der Waals surface area contributed by atoms with Crippen molar-refractivity contribution in [3.63, 3.8) is 0 Å². The second-order valence-corrected chi connectivity index (χ2v) is 7.07. The van der Waals surface area contributed by atoms with Gasteiger partial charge >= 0.3 is 5.97 Å². The molecular formula is C12H13ClFNO4S. The first kappa shape index (κ1) is 15.2. The van der Waals surface area contributed by atoms with Crippen LogP contribution in [-0.2, 0) is 14.8 Å². The number of hydrogen-bond donors (Lipinski definition) is 1. The number of carboxylic acid groups (broad SMARTS) is 1. The lowest BCUT2D eigenvalue weighted by Gasteiger charge is -2.40. The molecule has 5 nitrogen and oxygen atoms in total. The molecule has 2 rings (SSSR count). The van der Waals surface area contributed by atoms with Gasteiger partial charge in [-0.3, -0.25) is 4.79 Å². The Kier molecular flexibility index (Phi) is 4.04. The Hall–Kier alpha value is -1.18. The lowest BCUT2D eigenvalue weighted by molar-refractivity contribution is -0.144. The fourth-order valence-corrected chi connectivity index (χ4v) is 3.88. The molecule has 0 spiro atoms. The summed E-state index contributed by atoms with van der Waals surface area (Å²) < 4.78 is 39.2. The van der Waals surface area contributed by atoms with E-state index in [0.29, 0.717) is 0 Å². The molecule has 1 saturated heterocycles. The molecule has 1 atom stereocenters. The summed E-state index contributed by atoms with van der Waals surface area (Å²) in [5.41, 5.74) is 0. The van der Waals surface area contributed by atoms with Crippen LogP contribution in [0.25, 0.3) is 0 Å². The number of benzene rings is 1. The molecule has 1 heterocycles. The van der Waals surface area contributed by atoms with E-state index in [2.05, 4.69) is 0 Å². The molecule has 1 aliphatic heterocycles. The average Bonchev–Trinajstić information content (AvgIpc) is 2.29. The van der Waals surface area contributed by atoms with Gasteiger partial charge in [0.05, 0.1) is 10.9 Å². The number of rotatable bonds is 4. The summed E-state index contributed by atoms with van der Waals surface area (Å²) in [6.45, 7) is 1.67. The molecule has 1 aromatic rings. The summed E-state index contributed by atoms with van der Waals surface area (Å²) >= 11 is 5.57. The molecule has 8 heteroatoms. The Morgan fingerprint density at radius 2 is 2.10 bits per heavy atom. The van der Waals surface area contributed by atoms with Gasteiger partial charge in [-0.05, 0) is 18.1 Å². The minimum Gasteiger partial charge on any atom is -0.481 e. The van der Waals surface area contributed by atoms with Crippen molar-refractivity contribution in [1.29, 1.82) is 0 Å². The number of carboxylic acids is 1. The molecular weight excluding hydrogens is 309 g/mol. The summed E-state index contributed by atoms with van der Waals surface area (Å²) in [5.74, 6) is -2.85. The van der Waals surface area contributed by atoms with E-state index in [4.69, 9.17) is 16.7 Å². The molecule has 20 heavy (non-hydrogen) atoms. The van der Waals surface area contributed by atoms with E-state index in [-0.39, 0.29) is 24.0 Å². The predicted octanol–water partition coefficient (Wildman–Crippen LogP) is 1.82. The summed E-state index contributed by atoms with van der Waals surface area (Å²) in [7, 11) is -3.97. The van der Waals surface area contributed by atoms with Gasteiger partial charge in [0, 0.05) is 13.1 Å². The Labute approximate surface area is 121 Å². The maximum Gasteiger partial charge on any atom is 0.306 e. The van der Waals surface area contributed by atoms with Crippen LogP contribution in [-0.4, -0.2) is 36.9 Å². The zero-order chi connectivity index (χ0) is 15.1. The Morgan fingerprint density at radius 3 is 2.65 bits per heavy atom. The molecule has 1 unspecified atom stereocenters. The first-order valence-electron chi connectivity index (χ1n) is 5.92. The first-order chi connectivity index (χ1) is 9.25. The van der Waals surface area contributed by atoms with Crippen LogP contribution in [0, 0.1) is 17.7 Å². The minimum absolute atomic E-state index is 0.0712. The van der Waals surface area contributed by atoms with Crippen LogP contribution >= 0.6 is 11.6 Å². The van der Waals surface area contributed by atoms with Crippen molar-refractivity contribution in [2.24, 2.45) is 11.8 Å². The molecule has 0 amide bonds. The van der Waals surface area contributed by atoms with E-state index in [9.17, 15) is 17.6 Å². The summed E-state index contributed by atoms with van der Waals surface area (Å²) in [6, 6.07) is 3.77. The molecule has 0 aliphatic carbocycles. The maximum absolute atomic E-state index is 13.8. The second-order valence-electron chi connectivity index (χ2n) is 4.76. The van der Waals surface area contributed by atoms with Crippen LogP contribution in [0.2, 0.25) is 5.02 Å². The molecule has 1 fully saturated rings. The van der Waals surface area contributed by atoms with Gasteiger partial charge in [-0.25, -0.2) is 12.8 Å². The third-order valence-electron chi connectivity index (χ3n) is 3.51. The number of halogens is 2. The molecule has 1 aromatic carbocycles. The highest BCUT2D eigenvalue weighted by molar-refractivity contribution is 7.89. The van der Waals surface area contributed by atoms with Crippen molar-refractivity contribution in [3.8, 4) is 0 Å². The quantitative estimate of drug-likeness (QED) is 0.918. The van der Waals surface area contributed by atoms with Crippen molar-refractivity contribution >= 4 is 27.6 Å². The van der Waals surface area contributed by atoms with Gasteiger partial charge in [-0.2, -0.15) is 4.31 Å². The van der Waals surface area contributed by atoms with E-state index in [0.717, 1.165) is 10.4 Å². The van der Waals surface area contributed by atoms with Crippen molar-refractivity contribution in [1.82, 2.24) is 4.31 Å².